The summed E-state index contributed by atoms with van der Waals surface area (Å²) in [6, 6.07) is 12.9. The number of likely N-dealkylation sites (tertiary alicyclic amines) is 1. The van der Waals surface area contributed by atoms with Gasteiger partial charge in [-0.25, -0.2) is 0 Å². The van der Waals surface area contributed by atoms with E-state index in [0.29, 0.717) is 21.9 Å². The van der Waals surface area contributed by atoms with Crippen LogP contribution in [0.5, 0.6) is 5.75 Å². The van der Waals surface area contributed by atoms with Crippen LogP contribution < -0.4 is 4.74 Å². The standard InChI is InChI=1S/C23H24ClNO5/c1-14(2)30-18-10-6-16(7-11-18)21(26)19-20(15-4-8-17(24)9-5-15)25(12-13-29-3)23(28)22(19)27/h4-11,14,20,26H,12-13H2,1-3H3/b21-19-. The number of carbonyl (C=O) groups is 2. The number of ether oxygens (including phenoxy) is 2. The lowest BCUT2D eigenvalue weighted by atomic mass is 9.95. The molecular formula is C23H24ClNO5. The Morgan fingerprint density at radius 1 is 1.10 bits per heavy atom. The van der Waals surface area contributed by atoms with Crippen molar-refractivity contribution in [1.29, 1.82) is 0 Å². The summed E-state index contributed by atoms with van der Waals surface area (Å²) in [6.07, 6.45) is 0.0143. The highest BCUT2D eigenvalue weighted by atomic mass is 35.5. The summed E-state index contributed by atoms with van der Waals surface area (Å²) in [5.41, 5.74) is 1.14. The van der Waals surface area contributed by atoms with Gasteiger partial charge in [-0.1, -0.05) is 23.7 Å². The van der Waals surface area contributed by atoms with Gasteiger partial charge in [0.05, 0.1) is 24.3 Å². The molecule has 6 nitrogen and oxygen atoms in total. The average Bonchev–Trinajstić information content (AvgIpc) is 2.97. The highest BCUT2D eigenvalue weighted by Crippen LogP contribution is 2.39. The lowest BCUT2D eigenvalue weighted by Gasteiger charge is -2.25. The van der Waals surface area contributed by atoms with Gasteiger partial charge >= 0.3 is 0 Å². The van der Waals surface area contributed by atoms with Crippen LogP contribution in [0.2, 0.25) is 5.02 Å². The van der Waals surface area contributed by atoms with Gasteiger partial charge in [0.2, 0.25) is 0 Å². The van der Waals surface area contributed by atoms with Gasteiger partial charge < -0.3 is 19.5 Å². The minimum atomic E-state index is -0.732. The molecule has 0 aliphatic carbocycles. The number of carbonyl (C=O) groups excluding carboxylic acids is 2. The fourth-order valence-electron chi connectivity index (χ4n) is 3.41. The van der Waals surface area contributed by atoms with Crippen LogP contribution in [0, 0.1) is 0 Å². The van der Waals surface area contributed by atoms with Crippen molar-refractivity contribution >= 4 is 29.1 Å². The Morgan fingerprint density at radius 3 is 2.30 bits per heavy atom. The Labute approximate surface area is 180 Å². The lowest BCUT2D eigenvalue weighted by Crippen LogP contribution is -2.32. The Kier molecular flexibility index (Phi) is 6.80. The second-order valence-electron chi connectivity index (χ2n) is 7.23. The van der Waals surface area contributed by atoms with E-state index in [1.807, 2.05) is 13.8 Å². The van der Waals surface area contributed by atoms with Crippen molar-refractivity contribution in [2.24, 2.45) is 0 Å². The first kappa shape index (κ1) is 21.9. The van der Waals surface area contributed by atoms with Gasteiger partial charge in [-0.05, 0) is 55.8 Å². The van der Waals surface area contributed by atoms with Crippen LogP contribution in [-0.4, -0.2) is 48.1 Å². The number of benzene rings is 2. The van der Waals surface area contributed by atoms with Crippen molar-refractivity contribution in [1.82, 2.24) is 4.90 Å². The third-order valence-corrected chi connectivity index (χ3v) is 5.01. The number of rotatable bonds is 7. The first-order chi connectivity index (χ1) is 14.3. The fraction of sp³-hybridized carbons (Fsp3) is 0.304. The molecule has 1 N–H and O–H groups in total. The van der Waals surface area contributed by atoms with E-state index < -0.39 is 17.7 Å². The molecule has 1 fully saturated rings. The predicted octanol–water partition coefficient (Wildman–Crippen LogP) is 4.20. The third kappa shape index (κ3) is 4.50. The lowest BCUT2D eigenvalue weighted by molar-refractivity contribution is -0.140. The molecule has 1 saturated heterocycles. The molecule has 2 aromatic carbocycles. The number of halogens is 1. The zero-order valence-corrected chi connectivity index (χ0v) is 17.8. The van der Waals surface area contributed by atoms with Gasteiger partial charge in [0.15, 0.2) is 0 Å². The summed E-state index contributed by atoms with van der Waals surface area (Å²) in [5.74, 6) is -0.986. The monoisotopic (exact) mass is 429 g/mol. The molecule has 0 saturated carbocycles. The maximum absolute atomic E-state index is 12.9. The van der Waals surface area contributed by atoms with Crippen LogP contribution >= 0.6 is 11.6 Å². The summed E-state index contributed by atoms with van der Waals surface area (Å²) >= 11 is 6.00. The van der Waals surface area contributed by atoms with Crippen LogP contribution in [0.3, 0.4) is 0 Å². The molecule has 1 atom stereocenters. The van der Waals surface area contributed by atoms with Crippen molar-refractivity contribution in [3.05, 3.63) is 70.3 Å². The SMILES string of the molecule is COCCN1C(=O)C(=O)/C(=C(\O)c2ccc(OC(C)C)cc2)C1c1ccc(Cl)cc1. The quantitative estimate of drug-likeness (QED) is 0.405. The second kappa shape index (κ2) is 9.32. The van der Waals surface area contributed by atoms with Crippen molar-refractivity contribution in [3.8, 4) is 5.75 Å². The number of methoxy groups -OCH3 is 1. The fourth-order valence-corrected chi connectivity index (χ4v) is 3.54. The van der Waals surface area contributed by atoms with E-state index in [1.54, 1.807) is 48.5 Å². The molecule has 1 heterocycles. The van der Waals surface area contributed by atoms with Crippen LogP contribution in [0.25, 0.3) is 5.76 Å². The van der Waals surface area contributed by atoms with Crippen molar-refractivity contribution in [3.63, 3.8) is 0 Å². The van der Waals surface area contributed by atoms with Crippen molar-refractivity contribution in [2.75, 3.05) is 20.3 Å². The summed E-state index contributed by atoms with van der Waals surface area (Å²) in [5, 5.41) is 11.5. The number of Topliss-reactive ketones (excluding diaryl/α,β-unsaturated/α-hetero) is 1. The summed E-state index contributed by atoms with van der Waals surface area (Å²) in [7, 11) is 1.52. The van der Waals surface area contributed by atoms with E-state index in [0.717, 1.165) is 0 Å². The molecule has 1 amide bonds. The first-order valence-corrected chi connectivity index (χ1v) is 10.0. The maximum Gasteiger partial charge on any atom is 0.295 e. The molecule has 2 aromatic rings. The van der Waals surface area contributed by atoms with Gasteiger partial charge in [0.1, 0.15) is 11.5 Å². The smallest absolute Gasteiger partial charge is 0.295 e. The van der Waals surface area contributed by atoms with E-state index >= 15 is 0 Å². The molecule has 1 unspecified atom stereocenters. The number of nitrogens with zero attached hydrogens (tertiary/aromatic N) is 1. The van der Waals surface area contributed by atoms with Gasteiger partial charge in [-0.3, -0.25) is 9.59 Å². The topological polar surface area (TPSA) is 76.1 Å². The molecular weight excluding hydrogens is 406 g/mol. The van der Waals surface area contributed by atoms with Crippen LogP contribution in [0.4, 0.5) is 0 Å². The summed E-state index contributed by atoms with van der Waals surface area (Å²) in [6.45, 7) is 4.31. The van der Waals surface area contributed by atoms with E-state index in [2.05, 4.69) is 0 Å². The third-order valence-electron chi connectivity index (χ3n) is 4.76. The second-order valence-corrected chi connectivity index (χ2v) is 7.66. The molecule has 30 heavy (non-hydrogen) atoms. The van der Waals surface area contributed by atoms with Crippen molar-refractivity contribution in [2.45, 2.75) is 26.0 Å². The van der Waals surface area contributed by atoms with E-state index in [-0.39, 0.29) is 30.6 Å². The van der Waals surface area contributed by atoms with E-state index in [4.69, 9.17) is 21.1 Å². The predicted molar refractivity (Wildman–Crippen MR) is 115 cm³/mol. The number of hydrogen-bond acceptors (Lipinski definition) is 5. The van der Waals surface area contributed by atoms with Gasteiger partial charge in [0, 0.05) is 24.2 Å². The van der Waals surface area contributed by atoms with Crippen LogP contribution in [0.1, 0.15) is 31.0 Å². The molecule has 158 valence electrons. The highest BCUT2D eigenvalue weighted by Gasteiger charge is 2.45. The minimum absolute atomic E-state index is 0.0143. The zero-order chi connectivity index (χ0) is 21.8. The number of aliphatic hydroxyl groups excluding tert-OH is 1. The number of ketones is 1. The summed E-state index contributed by atoms with van der Waals surface area (Å²) < 4.78 is 10.7. The molecule has 1 aliphatic rings. The van der Waals surface area contributed by atoms with E-state index in [1.165, 1.54) is 12.0 Å². The summed E-state index contributed by atoms with van der Waals surface area (Å²) in [4.78, 5) is 27.0. The molecule has 0 radical (unpaired) electrons. The molecule has 3 rings (SSSR count). The Bertz CT molecular complexity index is 951. The van der Waals surface area contributed by atoms with Gasteiger partial charge in [-0.15, -0.1) is 0 Å². The Hall–Kier alpha value is -2.83. The number of hydrogen-bond donors (Lipinski definition) is 1. The minimum Gasteiger partial charge on any atom is -0.507 e. The molecule has 0 aromatic heterocycles. The molecule has 7 heteroatoms. The van der Waals surface area contributed by atoms with Crippen LogP contribution in [0.15, 0.2) is 54.1 Å². The highest BCUT2D eigenvalue weighted by molar-refractivity contribution is 6.46. The Morgan fingerprint density at radius 2 is 1.73 bits per heavy atom. The average molecular weight is 430 g/mol. The van der Waals surface area contributed by atoms with Gasteiger partial charge in [-0.2, -0.15) is 0 Å². The number of aliphatic hydroxyl groups is 1. The largest absolute Gasteiger partial charge is 0.507 e. The molecule has 1 aliphatic heterocycles. The van der Waals surface area contributed by atoms with Crippen molar-refractivity contribution < 1.29 is 24.2 Å². The number of amides is 1. The zero-order valence-electron chi connectivity index (χ0n) is 17.1. The molecule has 0 bridgehead atoms. The Balaban J connectivity index is 2.07. The van der Waals surface area contributed by atoms with E-state index in [9.17, 15) is 14.7 Å². The van der Waals surface area contributed by atoms with Crippen LogP contribution in [-0.2, 0) is 14.3 Å². The van der Waals surface area contributed by atoms with Gasteiger partial charge in [0.25, 0.3) is 11.7 Å². The normalized spacial score (nSPS) is 18.3. The maximum atomic E-state index is 12.9. The molecule has 0 spiro atoms. The first-order valence-electron chi connectivity index (χ1n) is 9.63.